The lowest BCUT2D eigenvalue weighted by atomic mass is 9.88. The molecule has 2 aliphatic rings. The van der Waals surface area contributed by atoms with Crippen molar-refractivity contribution in [3.63, 3.8) is 0 Å². The summed E-state index contributed by atoms with van der Waals surface area (Å²) in [4.78, 5) is 0. The predicted octanol–water partition coefficient (Wildman–Crippen LogP) is 2.55. The molecule has 1 spiro atoms. The minimum Gasteiger partial charge on any atom is -0.395 e. The summed E-state index contributed by atoms with van der Waals surface area (Å²) in [5.74, 6) is 2.51. The summed E-state index contributed by atoms with van der Waals surface area (Å²) in [5.41, 5.74) is 0.191. The van der Waals surface area contributed by atoms with Gasteiger partial charge in [0.25, 0.3) is 0 Å². The normalized spacial score (nSPS) is 31.5. The molecule has 2 rings (SSSR count). The van der Waals surface area contributed by atoms with E-state index in [1.165, 1.54) is 30.8 Å². The first-order chi connectivity index (χ1) is 7.74. The largest absolute Gasteiger partial charge is 0.395 e. The van der Waals surface area contributed by atoms with Crippen molar-refractivity contribution in [2.45, 2.75) is 48.7 Å². The fourth-order valence-corrected chi connectivity index (χ4v) is 5.17. The van der Waals surface area contributed by atoms with Crippen molar-refractivity contribution >= 4 is 23.5 Å². The average Bonchev–Trinajstić information content (AvgIpc) is 2.30. The third-order valence-corrected chi connectivity index (χ3v) is 5.92. The molecule has 2 atom stereocenters. The highest BCUT2D eigenvalue weighted by Gasteiger charge is 2.39. The molecule has 0 aromatic heterocycles. The number of aliphatic hydroxyl groups excluding tert-OH is 1. The van der Waals surface area contributed by atoms with Crippen LogP contribution >= 0.6 is 23.5 Å². The van der Waals surface area contributed by atoms with E-state index in [1.54, 1.807) is 0 Å². The van der Waals surface area contributed by atoms with Gasteiger partial charge in [-0.3, -0.25) is 0 Å². The molecular formula is C12H22O2S2. The van der Waals surface area contributed by atoms with Gasteiger partial charge < -0.3 is 9.84 Å². The monoisotopic (exact) mass is 262 g/mol. The molecule has 0 aliphatic carbocycles. The van der Waals surface area contributed by atoms with Crippen LogP contribution < -0.4 is 0 Å². The number of hydrogen-bond donors (Lipinski definition) is 1. The Bertz CT molecular complexity index is 212. The van der Waals surface area contributed by atoms with E-state index in [0.29, 0.717) is 17.1 Å². The Kier molecular flexibility index (Phi) is 4.89. The number of rotatable bonds is 3. The second-order valence-corrected chi connectivity index (χ2v) is 7.86. The zero-order valence-corrected chi connectivity index (χ0v) is 11.6. The number of thioether (sulfide) groups is 2. The maximum atomic E-state index is 9.11. The lowest BCUT2D eigenvalue weighted by molar-refractivity contribution is -0.0805. The van der Waals surface area contributed by atoms with Crippen LogP contribution in [-0.4, -0.2) is 45.9 Å². The Morgan fingerprint density at radius 3 is 2.94 bits per heavy atom. The third kappa shape index (κ3) is 3.31. The molecule has 0 aromatic carbocycles. The Morgan fingerprint density at radius 1 is 1.50 bits per heavy atom. The lowest BCUT2D eigenvalue weighted by Gasteiger charge is -2.43. The van der Waals surface area contributed by atoms with E-state index in [0.717, 1.165) is 13.0 Å². The second kappa shape index (κ2) is 5.98. The highest BCUT2D eigenvalue weighted by molar-refractivity contribution is 8.00. The minimum absolute atomic E-state index is 0.191. The maximum Gasteiger partial charge on any atom is 0.0708 e. The predicted molar refractivity (Wildman–Crippen MR) is 72.4 cm³/mol. The molecule has 2 saturated heterocycles. The molecule has 1 N–H and O–H groups in total. The molecule has 2 aliphatic heterocycles. The van der Waals surface area contributed by atoms with E-state index in [2.05, 4.69) is 18.7 Å². The summed E-state index contributed by atoms with van der Waals surface area (Å²) >= 11 is 4.01. The van der Waals surface area contributed by atoms with Gasteiger partial charge in [0, 0.05) is 17.1 Å². The molecule has 2 fully saturated rings. The number of ether oxygens (including phenoxy) is 1. The zero-order chi connectivity index (χ0) is 11.4. The molecule has 0 amide bonds. The summed E-state index contributed by atoms with van der Waals surface area (Å²) in [5, 5.41) is 10.2. The van der Waals surface area contributed by atoms with Crippen LogP contribution in [0.5, 0.6) is 0 Å². The molecule has 0 bridgehead atoms. The molecule has 0 aromatic rings. The molecule has 4 heteroatoms. The van der Waals surface area contributed by atoms with E-state index in [-0.39, 0.29) is 5.60 Å². The van der Waals surface area contributed by atoms with E-state index >= 15 is 0 Å². The van der Waals surface area contributed by atoms with Gasteiger partial charge in [0.2, 0.25) is 0 Å². The lowest BCUT2D eigenvalue weighted by Crippen LogP contribution is -2.44. The first-order valence-electron chi connectivity index (χ1n) is 6.22. The number of aliphatic hydroxyl groups is 1. The first-order valence-corrected chi connectivity index (χ1v) is 8.32. The molecule has 2 unspecified atom stereocenters. The fourth-order valence-electron chi connectivity index (χ4n) is 2.56. The molecular weight excluding hydrogens is 240 g/mol. The summed E-state index contributed by atoms with van der Waals surface area (Å²) in [6, 6.07) is 0. The SMILES string of the molecule is CC(CO)SC1CCOC2(CCSCC2)C1. The molecule has 2 nitrogen and oxygen atoms in total. The maximum absolute atomic E-state index is 9.11. The van der Waals surface area contributed by atoms with Crippen LogP contribution in [0.2, 0.25) is 0 Å². The topological polar surface area (TPSA) is 29.5 Å². The van der Waals surface area contributed by atoms with Crippen LogP contribution in [0.1, 0.15) is 32.6 Å². The van der Waals surface area contributed by atoms with Gasteiger partial charge in [-0.05, 0) is 37.2 Å². The summed E-state index contributed by atoms with van der Waals surface area (Å²) in [7, 11) is 0. The van der Waals surface area contributed by atoms with E-state index in [1.807, 2.05) is 11.8 Å². The van der Waals surface area contributed by atoms with Gasteiger partial charge in [0.1, 0.15) is 0 Å². The van der Waals surface area contributed by atoms with Crippen LogP contribution in [0.3, 0.4) is 0 Å². The van der Waals surface area contributed by atoms with Crippen LogP contribution in [0, 0.1) is 0 Å². The van der Waals surface area contributed by atoms with Crippen LogP contribution in [0.25, 0.3) is 0 Å². The van der Waals surface area contributed by atoms with Gasteiger partial charge >= 0.3 is 0 Å². The average molecular weight is 262 g/mol. The van der Waals surface area contributed by atoms with E-state index < -0.39 is 0 Å². The smallest absolute Gasteiger partial charge is 0.0708 e. The van der Waals surface area contributed by atoms with Crippen molar-refractivity contribution in [1.82, 2.24) is 0 Å². The fraction of sp³-hybridized carbons (Fsp3) is 1.00. The van der Waals surface area contributed by atoms with Crippen LogP contribution in [0.4, 0.5) is 0 Å². The summed E-state index contributed by atoms with van der Waals surface area (Å²) in [6.45, 7) is 3.33. The van der Waals surface area contributed by atoms with Gasteiger partial charge in [-0.15, -0.1) is 0 Å². The van der Waals surface area contributed by atoms with E-state index in [9.17, 15) is 0 Å². The van der Waals surface area contributed by atoms with Gasteiger partial charge in [-0.1, -0.05) is 6.92 Å². The quantitative estimate of drug-likeness (QED) is 0.846. The molecule has 0 radical (unpaired) electrons. The molecule has 0 saturated carbocycles. The van der Waals surface area contributed by atoms with Crippen LogP contribution in [0.15, 0.2) is 0 Å². The van der Waals surface area contributed by atoms with Crippen molar-refractivity contribution in [3.8, 4) is 0 Å². The van der Waals surface area contributed by atoms with Gasteiger partial charge in [-0.2, -0.15) is 23.5 Å². The summed E-state index contributed by atoms with van der Waals surface area (Å²) < 4.78 is 6.06. The van der Waals surface area contributed by atoms with Crippen LogP contribution in [-0.2, 0) is 4.74 Å². The van der Waals surface area contributed by atoms with Crippen molar-refractivity contribution in [1.29, 1.82) is 0 Å². The highest BCUT2D eigenvalue weighted by atomic mass is 32.2. The molecule has 2 heterocycles. The third-order valence-electron chi connectivity index (χ3n) is 3.53. The Balaban J connectivity index is 1.87. The molecule has 16 heavy (non-hydrogen) atoms. The zero-order valence-electron chi connectivity index (χ0n) is 9.98. The molecule has 94 valence electrons. The van der Waals surface area contributed by atoms with Gasteiger partial charge in [-0.25, -0.2) is 0 Å². The minimum atomic E-state index is 0.191. The second-order valence-electron chi connectivity index (χ2n) is 4.89. The Labute approximate surface area is 107 Å². The van der Waals surface area contributed by atoms with Gasteiger partial charge in [0.05, 0.1) is 12.2 Å². The Hall–Kier alpha value is 0.620. The number of hydrogen-bond acceptors (Lipinski definition) is 4. The van der Waals surface area contributed by atoms with Crippen molar-refractivity contribution < 1.29 is 9.84 Å². The highest BCUT2D eigenvalue weighted by Crippen LogP contribution is 2.41. The summed E-state index contributed by atoms with van der Waals surface area (Å²) in [6.07, 6.45) is 4.80. The first kappa shape index (κ1) is 13.1. The van der Waals surface area contributed by atoms with Crippen molar-refractivity contribution in [2.24, 2.45) is 0 Å². The van der Waals surface area contributed by atoms with Gasteiger partial charge in [0.15, 0.2) is 0 Å². The van der Waals surface area contributed by atoms with Crippen molar-refractivity contribution in [2.75, 3.05) is 24.7 Å². The standard InChI is InChI=1S/C12H22O2S2/c1-10(9-13)16-11-2-5-14-12(8-11)3-6-15-7-4-12/h10-11,13H,2-9H2,1H3. The van der Waals surface area contributed by atoms with E-state index in [4.69, 9.17) is 9.84 Å². The van der Waals surface area contributed by atoms with Crippen molar-refractivity contribution in [3.05, 3.63) is 0 Å². The Morgan fingerprint density at radius 2 is 2.25 bits per heavy atom.